The molecule has 0 unspecified atom stereocenters. The third-order valence-corrected chi connectivity index (χ3v) is 4.25. The highest BCUT2D eigenvalue weighted by Gasteiger charge is 2.54. The summed E-state index contributed by atoms with van der Waals surface area (Å²) in [5.74, 6) is -1.61. The topological polar surface area (TPSA) is 78.9 Å². The van der Waals surface area contributed by atoms with Crippen molar-refractivity contribution in [3.63, 3.8) is 0 Å². The lowest BCUT2D eigenvalue weighted by molar-refractivity contribution is -0.168. The quantitative estimate of drug-likeness (QED) is 0.362. The summed E-state index contributed by atoms with van der Waals surface area (Å²) in [6.07, 6.45) is 0.0704. The summed E-state index contributed by atoms with van der Waals surface area (Å²) in [4.78, 5) is 36.6. The summed E-state index contributed by atoms with van der Waals surface area (Å²) in [6.45, 7) is 5.50. The fourth-order valence-corrected chi connectivity index (χ4v) is 2.93. The highest BCUT2D eigenvalue weighted by Crippen LogP contribution is 2.47. The molecule has 1 saturated carbocycles. The average Bonchev–Trinajstić information content (AvgIpc) is 2.99. The number of hydrogen-bond donors (Lipinski definition) is 0. The van der Waals surface area contributed by atoms with E-state index in [1.54, 1.807) is 37.3 Å². The fraction of sp³-hybridized carbons (Fsp3) is 0.316. The first-order chi connectivity index (χ1) is 11.9. The zero-order valence-electron chi connectivity index (χ0n) is 14.5. The van der Waals surface area contributed by atoms with Gasteiger partial charge in [-0.05, 0) is 36.6 Å². The van der Waals surface area contributed by atoms with Gasteiger partial charge in [-0.1, -0.05) is 24.8 Å². The van der Waals surface area contributed by atoms with Gasteiger partial charge in [0, 0.05) is 6.42 Å². The summed E-state index contributed by atoms with van der Waals surface area (Å²) in [6, 6.07) is 8.52. The van der Waals surface area contributed by atoms with Gasteiger partial charge >= 0.3 is 17.9 Å². The van der Waals surface area contributed by atoms with Crippen LogP contribution in [-0.2, 0) is 23.8 Å². The van der Waals surface area contributed by atoms with Gasteiger partial charge in [-0.2, -0.15) is 0 Å². The van der Waals surface area contributed by atoms with E-state index in [4.69, 9.17) is 14.2 Å². The number of esters is 3. The molecule has 6 nitrogen and oxygen atoms in total. The second-order valence-electron chi connectivity index (χ2n) is 5.81. The van der Waals surface area contributed by atoms with Crippen LogP contribution in [0.15, 0.2) is 53.8 Å². The summed E-state index contributed by atoms with van der Waals surface area (Å²) >= 11 is 0. The largest absolute Gasteiger partial charge is 0.468 e. The van der Waals surface area contributed by atoms with Crippen LogP contribution in [0, 0.1) is 5.41 Å². The van der Waals surface area contributed by atoms with Crippen LogP contribution in [0.1, 0.15) is 30.1 Å². The lowest BCUT2D eigenvalue weighted by Crippen LogP contribution is -2.38. The van der Waals surface area contributed by atoms with Gasteiger partial charge in [0.2, 0.25) is 0 Å². The van der Waals surface area contributed by atoms with E-state index in [9.17, 15) is 14.4 Å². The molecule has 1 aliphatic rings. The molecule has 0 bridgehead atoms. The zero-order chi connectivity index (χ0) is 18.6. The molecular weight excluding hydrogens is 324 g/mol. The van der Waals surface area contributed by atoms with Gasteiger partial charge in [0.15, 0.2) is 5.41 Å². The van der Waals surface area contributed by atoms with E-state index in [-0.39, 0.29) is 12.8 Å². The van der Waals surface area contributed by atoms with Crippen LogP contribution in [0.4, 0.5) is 0 Å². The lowest BCUT2D eigenvalue weighted by atomic mass is 9.85. The molecule has 2 rings (SSSR count). The molecule has 0 aromatic heterocycles. The minimum Gasteiger partial charge on any atom is -0.468 e. The Labute approximate surface area is 146 Å². The summed E-state index contributed by atoms with van der Waals surface area (Å²) < 4.78 is 14.9. The van der Waals surface area contributed by atoms with Gasteiger partial charge in [-0.15, -0.1) is 0 Å². The second kappa shape index (κ2) is 7.34. The number of carbonyl (C=O) groups excluding carboxylic acids is 3. The number of rotatable bonds is 4. The van der Waals surface area contributed by atoms with Crippen molar-refractivity contribution >= 4 is 17.9 Å². The SMILES string of the molecule is C=C1CC(C(=O)OC)(C(=O)OC)C/C1=C(/C)OC(=O)c1ccccc1. The Balaban J connectivity index is 2.31. The van der Waals surface area contributed by atoms with E-state index in [0.717, 1.165) is 0 Å². The van der Waals surface area contributed by atoms with Crippen molar-refractivity contribution in [3.05, 3.63) is 59.4 Å². The number of ether oxygens (including phenoxy) is 3. The molecule has 0 amide bonds. The Morgan fingerprint density at radius 1 is 1.00 bits per heavy atom. The maximum atomic E-state index is 12.2. The normalized spacial score (nSPS) is 17.6. The van der Waals surface area contributed by atoms with Gasteiger partial charge in [0.25, 0.3) is 0 Å². The molecule has 1 fully saturated rings. The first-order valence-corrected chi connectivity index (χ1v) is 7.67. The van der Waals surface area contributed by atoms with Crippen LogP contribution in [0.3, 0.4) is 0 Å². The van der Waals surface area contributed by atoms with Crippen molar-refractivity contribution in [2.24, 2.45) is 5.41 Å². The number of hydrogen-bond acceptors (Lipinski definition) is 6. The number of carbonyl (C=O) groups is 3. The number of benzene rings is 1. The van der Waals surface area contributed by atoms with Crippen LogP contribution < -0.4 is 0 Å². The highest BCUT2D eigenvalue weighted by atomic mass is 16.5. The van der Waals surface area contributed by atoms with Gasteiger partial charge < -0.3 is 14.2 Å². The lowest BCUT2D eigenvalue weighted by Gasteiger charge is -2.21. The predicted octanol–water partition coefficient (Wildman–Crippen LogP) is 2.80. The van der Waals surface area contributed by atoms with E-state index in [0.29, 0.717) is 22.5 Å². The molecule has 25 heavy (non-hydrogen) atoms. The maximum absolute atomic E-state index is 12.2. The average molecular weight is 344 g/mol. The molecule has 1 aromatic rings. The molecule has 0 heterocycles. The van der Waals surface area contributed by atoms with Gasteiger partial charge in [-0.25, -0.2) is 4.79 Å². The maximum Gasteiger partial charge on any atom is 0.343 e. The Bertz CT molecular complexity index is 728. The molecule has 132 valence electrons. The van der Waals surface area contributed by atoms with E-state index >= 15 is 0 Å². The molecular formula is C19H20O6. The molecule has 1 aromatic carbocycles. The molecule has 0 saturated heterocycles. The monoisotopic (exact) mass is 344 g/mol. The molecule has 0 aliphatic heterocycles. The third-order valence-electron chi connectivity index (χ3n) is 4.25. The van der Waals surface area contributed by atoms with Crippen LogP contribution >= 0.6 is 0 Å². The van der Waals surface area contributed by atoms with Gasteiger partial charge in [0.1, 0.15) is 5.76 Å². The Kier molecular flexibility index (Phi) is 5.41. The van der Waals surface area contributed by atoms with E-state index in [2.05, 4.69) is 6.58 Å². The predicted molar refractivity (Wildman–Crippen MR) is 89.4 cm³/mol. The first-order valence-electron chi connectivity index (χ1n) is 7.67. The van der Waals surface area contributed by atoms with Crippen molar-refractivity contribution in [2.75, 3.05) is 14.2 Å². The number of methoxy groups -OCH3 is 2. The summed E-state index contributed by atoms with van der Waals surface area (Å²) in [5, 5.41) is 0. The van der Waals surface area contributed by atoms with Gasteiger partial charge in [-0.3, -0.25) is 9.59 Å². The Hall–Kier alpha value is -2.89. The molecule has 1 aliphatic carbocycles. The molecule has 0 N–H and O–H groups in total. The second-order valence-corrected chi connectivity index (χ2v) is 5.81. The minimum absolute atomic E-state index is 0.0130. The molecule has 6 heteroatoms. The van der Waals surface area contributed by atoms with E-state index in [1.165, 1.54) is 14.2 Å². The van der Waals surface area contributed by atoms with Crippen molar-refractivity contribution in [1.82, 2.24) is 0 Å². The van der Waals surface area contributed by atoms with Crippen molar-refractivity contribution in [2.45, 2.75) is 19.8 Å². The molecule has 0 spiro atoms. The standard InChI is InChI=1S/C19H20O6/c1-12-10-19(17(21)23-3,18(22)24-4)11-15(12)13(2)25-16(20)14-8-6-5-7-9-14/h5-9H,1,10-11H2,2-4H3/b15-13+. The van der Waals surface area contributed by atoms with Crippen LogP contribution in [-0.4, -0.2) is 32.1 Å². The van der Waals surface area contributed by atoms with Crippen molar-refractivity contribution in [3.8, 4) is 0 Å². The molecule has 0 radical (unpaired) electrons. The molecule has 0 atom stereocenters. The Morgan fingerprint density at radius 3 is 2.08 bits per heavy atom. The van der Waals surface area contributed by atoms with Crippen LogP contribution in [0.25, 0.3) is 0 Å². The summed E-state index contributed by atoms with van der Waals surface area (Å²) in [5.41, 5.74) is -0.0106. The van der Waals surface area contributed by atoms with Gasteiger partial charge in [0.05, 0.1) is 19.8 Å². The van der Waals surface area contributed by atoms with Crippen molar-refractivity contribution < 1.29 is 28.6 Å². The van der Waals surface area contributed by atoms with E-state index < -0.39 is 23.3 Å². The number of allylic oxidation sites excluding steroid dienone is 3. The van der Waals surface area contributed by atoms with Crippen molar-refractivity contribution in [1.29, 1.82) is 0 Å². The van der Waals surface area contributed by atoms with E-state index in [1.807, 2.05) is 0 Å². The fourth-order valence-electron chi connectivity index (χ4n) is 2.93. The zero-order valence-corrected chi connectivity index (χ0v) is 14.5. The smallest absolute Gasteiger partial charge is 0.343 e. The summed E-state index contributed by atoms with van der Waals surface area (Å²) in [7, 11) is 2.42. The minimum atomic E-state index is -1.49. The van der Waals surface area contributed by atoms with Crippen LogP contribution in [0.2, 0.25) is 0 Å². The van der Waals surface area contributed by atoms with Crippen LogP contribution in [0.5, 0.6) is 0 Å². The third kappa shape index (κ3) is 3.47. The first kappa shape index (κ1) is 18.4. The Morgan fingerprint density at radius 2 is 1.56 bits per heavy atom. The highest BCUT2D eigenvalue weighted by molar-refractivity contribution is 6.02.